The Kier molecular flexibility index (Phi) is 13.1. The predicted molar refractivity (Wildman–Crippen MR) is 244 cm³/mol. The van der Waals surface area contributed by atoms with Gasteiger partial charge in [-0.3, -0.25) is 34.1 Å². The molecule has 3 aromatic rings. The van der Waals surface area contributed by atoms with Gasteiger partial charge in [0.1, 0.15) is 0 Å². The zero-order valence-electron chi connectivity index (χ0n) is 36.9. The van der Waals surface area contributed by atoms with E-state index in [1.54, 1.807) is 12.4 Å². The molecule has 3 fully saturated rings. The van der Waals surface area contributed by atoms with Crippen LogP contribution in [0.4, 0.5) is 0 Å². The van der Waals surface area contributed by atoms with E-state index in [-0.39, 0.29) is 59.7 Å². The zero-order chi connectivity index (χ0) is 43.5. The molecule has 62 heavy (non-hydrogen) atoms. The van der Waals surface area contributed by atoms with Crippen molar-refractivity contribution < 1.29 is 23.9 Å². The smallest absolute Gasteiger partial charge is 0.306 e. The SMILES string of the molecule is COC(=O)C[C@H](C(=O)N1CCC[C@H]1C1=NC=C(c2ccc(-c3ccc(C4=CN=C([C@@H]5[C@H]6CC[C@H](C6)[C@H]5C(=O)N[C@H](C(=O)CCc5cccnc5)C(C)C)C4)cc3)cc2)C1)C(C)C. The van der Waals surface area contributed by atoms with Gasteiger partial charge in [-0.05, 0) is 107 Å². The summed E-state index contributed by atoms with van der Waals surface area (Å²) < 4.78 is 4.90. The van der Waals surface area contributed by atoms with E-state index in [4.69, 9.17) is 14.7 Å². The molecule has 1 aromatic heterocycles. The first-order chi connectivity index (χ1) is 30.0. The molecular weight excluding hydrogens is 775 g/mol. The number of nitrogens with one attached hydrogen (secondary N) is 1. The lowest BCUT2D eigenvalue weighted by atomic mass is 9.74. The highest BCUT2D eigenvalue weighted by atomic mass is 16.5. The highest BCUT2D eigenvalue weighted by Gasteiger charge is 2.53. The van der Waals surface area contributed by atoms with Crippen molar-refractivity contribution >= 4 is 46.1 Å². The molecule has 8 rings (SSSR count). The summed E-state index contributed by atoms with van der Waals surface area (Å²) in [6, 6.07) is 20.6. The second-order valence-corrected chi connectivity index (χ2v) is 18.8. The van der Waals surface area contributed by atoms with E-state index >= 15 is 0 Å². The van der Waals surface area contributed by atoms with E-state index in [1.807, 2.05) is 57.1 Å². The monoisotopic (exact) mass is 835 g/mol. The molecule has 2 bridgehead atoms. The number of carbonyl (C=O) groups is 4. The van der Waals surface area contributed by atoms with Crippen molar-refractivity contribution in [1.82, 2.24) is 15.2 Å². The normalized spacial score (nSPS) is 23.9. The van der Waals surface area contributed by atoms with E-state index in [9.17, 15) is 19.2 Å². The Morgan fingerprint density at radius 2 is 1.42 bits per heavy atom. The number of aliphatic imine (C=N–C) groups is 2. The molecule has 1 N–H and O–H groups in total. The molecule has 0 spiro atoms. The maximum absolute atomic E-state index is 14.1. The van der Waals surface area contributed by atoms with Gasteiger partial charge in [0.15, 0.2) is 5.78 Å². The van der Waals surface area contributed by atoms with Crippen molar-refractivity contribution in [3.8, 4) is 11.1 Å². The van der Waals surface area contributed by atoms with Gasteiger partial charge in [0, 0.05) is 73.9 Å². The summed E-state index contributed by atoms with van der Waals surface area (Å²) in [5, 5.41) is 3.24. The molecular formula is C52H61N5O5. The Labute approximate surface area is 366 Å². The topological polar surface area (TPSA) is 130 Å². The van der Waals surface area contributed by atoms with Crippen molar-refractivity contribution in [3.05, 3.63) is 102 Å². The Hall–Kier alpha value is -5.51. The van der Waals surface area contributed by atoms with Gasteiger partial charge in [-0.25, -0.2) is 0 Å². The molecule has 1 saturated heterocycles. The number of methoxy groups -OCH3 is 1. The maximum atomic E-state index is 14.1. The van der Waals surface area contributed by atoms with Crippen molar-refractivity contribution in [2.75, 3.05) is 13.7 Å². The highest BCUT2D eigenvalue weighted by Crippen LogP contribution is 2.54. The summed E-state index contributed by atoms with van der Waals surface area (Å²) in [7, 11) is 1.37. The fourth-order valence-corrected chi connectivity index (χ4v) is 10.9. The number of carbonyl (C=O) groups excluding carboxylic acids is 4. The third kappa shape index (κ3) is 9.16. The summed E-state index contributed by atoms with van der Waals surface area (Å²) in [4.78, 5) is 69.3. The number of hydrogen-bond acceptors (Lipinski definition) is 8. The quantitative estimate of drug-likeness (QED) is 0.144. The number of benzene rings is 2. The Bertz CT molecular complexity index is 2280. The van der Waals surface area contributed by atoms with Gasteiger partial charge in [0.05, 0.1) is 31.5 Å². The molecule has 2 amide bonds. The largest absolute Gasteiger partial charge is 0.469 e. The van der Waals surface area contributed by atoms with Crippen molar-refractivity contribution in [1.29, 1.82) is 0 Å². The van der Waals surface area contributed by atoms with Crippen molar-refractivity contribution in [2.45, 2.75) is 104 Å². The van der Waals surface area contributed by atoms with Crippen molar-refractivity contribution in [3.63, 3.8) is 0 Å². The van der Waals surface area contributed by atoms with Crippen LogP contribution in [0.3, 0.4) is 0 Å². The number of Topliss-reactive ketones (excluding diaryl/α,β-unsaturated/α-hetero) is 1. The predicted octanol–water partition coefficient (Wildman–Crippen LogP) is 8.95. The van der Waals surface area contributed by atoms with Crippen LogP contribution in [0.2, 0.25) is 0 Å². The molecule has 0 unspecified atom stereocenters. The van der Waals surface area contributed by atoms with Crippen LogP contribution in [0.15, 0.2) is 95.4 Å². The molecule has 7 atom stereocenters. The standard InChI is InChI=1S/C52H61N5O5/c1-31(2)42(27-47(59)62-5)52(61)57-23-7-9-45(57)43-25-40(29-54-43)36-15-11-34(12-16-36)35-13-17-37(18-14-35)41-26-44(55-30-41)48-38-19-20-39(24-38)49(48)51(60)56-50(32(3)4)46(58)21-10-33-8-6-22-53-28-33/h6,8,11-18,22,28-32,38-39,42,45,48-50H,7,9-10,19-21,23-27H2,1-5H3,(H,56,60)/t38-,39+,42-,45-,48-,49+,50-/m0/s1. The van der Waals surface area contributed by atoms with Gasteiger partial charge in [-0.15, -0.1) is 0 Å². The van der Waals surface area contributed by atoms with Crippen LogP contribution in [0, 0.1) is 41.4 Å². The Morgan fingerprint density at radius 1 is 0.790 bits per heavy atom. The minimum Gasteiger partial charge on any atom is -0.469 e. The van der Waals surface area contributed by atoms with Crippen LogP contribution in [0.1, 0.15) is 102 Å². The van der Waals surface area contributed by atoms with Gasteiger partial charge >= 0.3 is 5.97 Å². The fourth-order valence-electron chi connectivity index (χ4n) is 10.9. The minimum absolute atomic E-state index is 0.00117. The molecule has 2 aromatic carbocycles. The minimum atomic E-state index is -0.508. The summed E-state index contributed by atoms with van der Waals surface area (Å²) in [5.41, 5.74) is 9.96. The van der Waals surface area contributed by atoms with Gasteiger partial charge in [0.2, 0.25) is 11.8 Å². The van der Waals surface area contributed by atoms with E-state index in [0.717, 1.165) is 83.3 Å². The number of amides is 2. The number of likely N-dealkylation sites (tertiary alicyclic amines) is 1. The van der Waals surface area contributed by atoms with Crippen LogP contribution in [0.5, 0.6) is 0 Å². The second kappa shape index (κ2) is 18.9. The van der Waals surface area contributed by atoms with Gasteiger partial charge in [0.25, 0.3) is 0 Å². The number of hydrogen-bond donors (Lipinski definition) is 1. The number of aryl methyl sites for hydroxylation is 1. The number of ketones is 1. The number of nitrogens with zero attached hydrogens (tertiary/aromatic N) is 4. The Morgan fingerprint density at radius 3 is 2.03 bits per heavy atom. The molecule has 5 aliphatic rings. The third-order valence-corrected chi connectivity index (χ3v) is 14.3. The molecule has 10 heteroatoms. The zero-order valence-corrected chi connectivity index (χ0v) is 36.9. The number of rotatable bonds is 16. The molecule has 2 aliphatic carbocycles. The van der Waals surface area contributed by atoms with Gasteiger partial charge in [-0.1, -0.05) is 82.3 Å². The number of allylic oxidation sites excluding steroid dienone is 2. The van der Waals surface area contributed by atoms with E-state index in [1.165, 1.54) is 12.7 Å². The molecule has 3 aliphatic heterocycles. The average Bonchev–Trinajstić information content (AvgIpc) is 4.15. The van der Waals surface area contributed by atoms with E-state index in [0.29, 0.717) is 37.6 Å². The van der Waals surface area contributed by atoms with Crippen LogP contribution in [-0.2, 0) is 30.3 Å². The van der Waals surface area contributed by atoms with E-state index in [2.05, 4.69) is 58.8 Å². The third-order valence-electron chi connectivity index (χ3n) is 14.3. The van der Waals surface area contributed by atoms with Crippen LogP contribution < -0.4 is 5.32 Å². The van der Waals surface area contributed by atoms with Gasteiger partial charge < -0.3 is 15.0 Å². The van der Waals surface area contributed by atoms with Crippen molar-refractivity contribution in [2.24, 2.45) is 51.4 Å². The maximum Gasteiger partial charge on any atom is 0.306 e. The molecule has 4 heterocycles. The summed E-state index contributed by atoms with van der Waals surface area (Å²) in [5.74, 6) is 0.110. The molecule has 0 radical (unpaired) electrons. The second-order valence-electron chi connectivity index (χ2n) is 18.8. The van der Waals surface area contributed by atoms with Crippen LogP contribution >= 0.6 is 0 Å². The number of esters is 1. The van der Waals surface area contributed by atoms with Crippen LogP contribution in [0.25, 0.3) is 22.3 Å². The van der Waals surface area contributed by atoms with E-state index < -0.39 is 12.0 Å². The lowest BCUT2D eigenvalue weighted by Gasteiger charge is -2.32. The Balaban J connectivity index is 0.857. The first-order valence-electron chi connectivity index (χ1n) is 22.8. The average molecular weight is 836 g/mol. The number of pyridine rings is 1. The number of aromatic nitrogens is 1. The molecule has 2 saturated carbocycles. The summed E-state index contributed by atoms with van der Waals surface area (Å²) in [6.45, 7) is 8.68. The molecule has 324 valence electrons. The lowest BCUT2D eigenvalue weighted by molar-refractivity contribution is -0.148. The highest BCUT2D eigenvalue weighted by molar-refractivity contribution is 6.04. The molecule has 10 nitrogen and oxygen atoms in total. The van der Waals surface area contributed by atoms with Crippen LogP contribution in [-0.4, -0.2) is 70.6 Å². The number of ether oxygens (including phenoxy) is 1. The first kappa shape index (κ1) is 43.2. The fraction of sp³-hybridized carbons (Fsp3) is 0.481. The summed E-state index contributed by atoms with van der Waals surface area (Å²) >= 11 is 0. The number of fused-ring (bicyclic) bond motifs is 2. The lowest BCUT2D eigenvalue weighted by Crippen LogP contribution is -2.50. The first-order valence-corrected chi connectivity index (χ1v) is 22.8. The van der Waals surface area contributed by atoms with Gasteiger partial charge in [-0.2, -0.15) is 0 Å². The summed E-state index contributed by atoms with van der Waals surface area (Å²) in [6.07, 6.45) is 15.0.